The van der Waals surface area contributed by atoms with Crippen LogP contribution in [0.25, 0.3) is 17.1 Å². The third kappa shape index (κ3) is 5.30. The average Bonchev–Trinajstić information content (AvgIpc) is 3.16. The number of ether oxygens (including phenoxy) is 1. The van der Waals surface area contributed by atoms with E-state index in [1.165, 1.54) is 17.8 Å². The van der Waals surface area contributed by atoms with E-state index >= 15 is 0 Å². The van der Waals surface area contributed by atoms with Crippen molar-refractivity contribution in [2.45, 2.75) is 51.9 Å². The van der Waals surface area contributed by atoms with E-state index in [1.54, 1.807) is 22.8 Å². The van der Waals surface area contributed by atoms with Gasteiger partial charge in [-0.15, -0.1) is 10.2 Å². The number of hydrogen-bond acceptors (Lipinski definition) is 5. The molecule has 0 saturated carbocycles. The highest BCUT2D eigenvalue weighted by molar-refractivity contribution is 7.99. The minimum Gasteiger partial charge on any atom is -0.494 e. The summed E-state index contributed by atoms with van der Waals surface area (Å²) in [4.78, 5) is 14.7. The quantitative estimate of drug-likeness (QED) is 0.414. The van der Waals surface area contributed by atoms with Crippen LogP contribution in [0.5, 0.6) is 5.75 Å². The lowest BCUT2D eigenvalue weighted by atomic mass is 10.2. The van der Waals surface area contributed by atoms with Gasteiger partial charge in [-0.05, 0) is 71.0 Å². The fraction of sp³-hybridized carbons (Fsp3) is 0.375. The van der Waals surface area contributed by atoms with Crippen LogP contribution in [0.2, 0.25) is 0 Å². The second-order valence-corrected chi connectivity index (χ2v) is 8.77. The van der Waals surface area contributed by atoms with Crippen molar-refractivity contribution in [3.8, 4) is 22.8 Å². The molecule has 0 N–H and O–H groups in total. The average molecular weight is 457 g/mol. The van der Waals surface area contributed by atoms with Gasteiger partial charge in [0.25, 0.3) is 0 Å². The topological polar surface area (TPSA) is 60.3 Å². The van der Waals surface area contributed by atoms with Crippen molar-refractivity contribution in [1.29, 1.82) is 0 Å². The summed E-state index contributed by atoms with van der Waals surface area (Å²) < 4.78 is 21.9. The van der Waals surface area contributed by atoms with Gasteiger partial charge in [0.05, 0.1) is 18.0 Å². The van der Waals surface area contributed by atoms with Crippen molar-refractivity contribution in [2.75, 3.05) is 12.4 Å². The number of halogens is 1. The van der Waals surface area contributed by atoms with Gasteiger partial charge in [-0.3, -0.25) is 9.36 Å². The number of aromatic nitrogens is 3. The molecule has 0 unspecified atom stereocenters. The summed E-state index contributed by atoms with van der Waals surface area (Å²) in [6.07, 6.45) is 0. The van der Waals surface area contributed by atoms with Gasteiger partial charge in [-0.1, -0.05) is 23.9 Å². The number of benzene rings is 2. The third-order valence-corrected chi connectivity index (χ3v) is 5.79. The maximum absolute atomic E-state index is 14.8. The Morgan fingerprint density at radius 3 is 2.31 bits per heavy atom. The number of carbonyl (C=O) groups excluding carboxylic acids is 1. The zero-order valence-electron chi connectivity index (χ0n) is 19.1. The van der Waals surface area contributed by atoms with Gasteiger partial charge in [0.2, 0.25) is 5.91 Å². The first kappa shape index (κ1) is 23.8. The summed E-state index contributed by atoms with van der Waals surface area (Å²) in [7, 11) is 0. The van der Waals surface area contributed by atoms with Crippen LogP contribution in [-0.2, 0) is 4.79 Å². The van der Waals surface area contributed by atoms with Crippen molar-refractivity contribution in [3.05, 3.63) is 54.3 Å². The summed E-state index contributed by atoms with van der Waals surface area (Å²) in [6.45, 7) is 10.5. The predicted molar refractivity (Wildman–Crippen MR) is 126 cm³/mol. The highest BCUT2D eigenvalue weighted by Gasteiger charge is 2.23. The molecule has 170 valence electrons. The first-order valence-electron chi connectivity index (χ1n) is 10.7. The van der Waals surface area contributed by atoms with E-state index in [4.69, 9.17) is 4.74 Å². The first-order valence-corrected chi connectivity index (χ1v) is 11.7. The molecule has 1 aromatic heterocycles. The smallest absolute Gasteiger partial charge is 0.233 e. The summed E-state index contributed by atoms with van der Waals surface area (Å²) in [5.41, 5.74) is 1.11. The fourth-order valence-corrected chi connectivity index (χ4v) is 4.45. The lowest BCUT2D eigenvalue weighted by Crippen LogP contribution is -2.43. The van der Waals surface area contributed by atoms with Crippen LogP contribution in [0.15, 0.2) is 53.7 Å². The van der Waals surface area contributed by atoms with Crippen molar-refractivity contribution >= 4 is 17.7 Å². The van der Waals surface area contributed by atoms with E-state index in [0.29, 0.717) is 23.3 Å². The molecule has 0 radical (unpaired) electrons. The third-order valence-electron chi connectivity index (χ3n) is 4.88. The Labute approximate surface area is 192 Å². The van der Waals surface area contributed by atoms with Gasteiger partial charge < -0.3 is 9.64 Å². The molecule has 0 spiro atoms. The van der Waals surface area contributed by atoms with Gasteiger partial charge in [-0.2, -0.15) is 0 Å². The molecule has 0 bridgehead atoms. The zero-order valence-corrected chi connectivity index (χ0v) is 19.9. The Hall–Kier alpha value is -2.87. The Morgan fingerprint density at radius 2 is 1.72 bits per heavy atom. The van der Waals surface area contributed by atoms with Gasteiger partial charge in [0, 0.05) is 17.6 Å². The van der Waals surface area contributed by atoms with E-state index < -0.39 is 5.82 Å². The van der Waals surface area contributed by atoms with E-state index in [9.17, 15) is 9.18 Å². The van der Waals surface area contributed by atoms with Crippen LogP contribution in [0.1, 0.15) is 34.6 Å². The molecule has 6 nitrogen and oxygen atoms in total. The van der Waals surface area contributed by atoms with E-state index in [1.807, 2.05) is 63.8 Å². The van der Waals surface area contributed by atoms with Crippen LogP contribution >= 0.6 is 11.8 Å². The summed E-state index contributed by atoms with van der Waals surface area (Å²) in [5.74, 6) is 1.05. The Kier molecular flexibility index (Phi) is 7.90. The SMILES string of the molecule is CCOc1ccc(-c2nnc(SCC(=O)N(C(C)C)C(C)C)n2-c2ccccc2F)cc1. The molecule has 0 aliphatic carbocycles. The number of nitrogens with zero attached hydrogens (tertiary/aromatic N) is 4. The molecule has 32 heavy (non-hydrogen) atoms. The number of para-hydroxylation sites is 1. The molecule has 0 aliphatic rings. The minimum absolute atomic E-state index is 0.00528. The molecule has 2 aromatic carbocycles. The standard InChI is InChI=1S/C24H29FN4O2S/c1-6-31-19-13-11-18(12-14-19)23-26-27-24(29(23)21-10-8-7-9-20(21)25)32-15-22(30)28(16(2)3)17(4)5/h7-14,16-17H,6,15H2,1-5H3. The van der Waals surface area contributed by atoms with Crippen LogP contribution in [-0.4, -0.2) is 50.0 Å². The van der Waals surface area contributed by atoms with E-state index in [-0.39, 0.29) is 23.7 Å². The molecule has 1 heterocycles. The lowest BCUT2D eigenvalue weighted by molar-refractivity contribution is -0.131. The second-order valence-electron chi connectivity index (χ2n) is 7.83. The number of hydrogen-bond donors (Lipinski definition) is 0. The van der Waals surface area contributed by atoms with E-state index in [0.717, 1.165) is 11.3 Å². The summed E-state index contributed by atoms with van der Waals surface area (Å²) >= 11 is 1.26. The second kappa shape index (κ2) is 10.6. The van der Waals surface area contributed by atoms with Crippen LogP contribution in [0.3, 0.4) is 0 Å². The molecule has 0 atom stereocenters. The van der Waals surface area contributed by atoms with Crippen molar-refractivity contribution < 1.29 is 13.9 Å². The Bertz CT molecular complexity index is 1040. The van der Waals surface area contributed by atoms with Gasteiger partial charge in [-0.25, -0.2) is 4.39 Å². The first-order chi connectivity index (χ1) is 15.3. The number of carbonyl (C=O) groups is 1. The Balaban J connectivity index is 1.97. The zero-order chi connectivity index (χ0) is 23.3. The lowest BCUT2D eigenvalue weighted by Gasteiger charge is -2.30. The van der Waals surface area contributed by atoms with Gasteiger partial charge in [0.1, 0.15) is 11.6 Å². The molecular weight excluding hydrogens is 427 g/mol. The Morgan fingerprint density at radius 1 is 1.06 bits per heavy atom. The minimum atomic E-state index is -0.390. The molecule has 3 rings (SSSR count). The molecule has 0 aliphatic heterocycles. The van der Waals surface area contributed by atoms with Gasteiger partial charge >= 0.3 is 0 Å². The monoisotopic (exact) mass is 456 g/mol. The molecule has 8 heteroatoms. The molecule has 3 aromatic rings. The molecule has 0 fully saturated rings. The molecular formula is C24H29FN4O2S. The maximum atomic E-state index is 14.8. The highest BCUT2D eigenvalue weighted by Crippen LogP contribution is 2.30. The molecule has 0 saturated heterocycles. The highest BCUT2D eigenvalue weighted by atomic mass is 32.2. The normalized spacial score (nSPS) is 11.2. The van der Waals surface area contributed by atoms with Crippen LogP contribution in [0.4, 0.5) is 4.39 Å². The number of rotatable bonds is 9. The number of thioether (sulfide) groups is 1. The van der Waals surface area contributed by atoms with Crippen LogP contribution < -0.4 is 4.74 Å². The van der Waals surface area contributed by atoms with Crippen molar-refractivity contribution in [2.24, 2.45) is 0 Å². The molecule has 1 amide bonds. The summed E-state index contributed by atoms with van der Waals surface area (Å²) in [6, 6.07) is 14.1. The van der Waals surface area contributed by atoms with Gasteiger partial charge in [0.15, 0.2) is 11.0 Å². The van der Waals surface area contributed by atoms with Crippen molar-refractivity contribution in [3.63, 3.8) is 0 Å². The van der Waals surface area contributed by atoms with Crippen LogP contribution in [0, 0.1) is 5.82 Å². The maximum Gasteiger partial charge on any atom is 0.233 e. The van der Waals surface area contributed by atoms with Crippen molar-refractivity contribution in [1.82, 2.24) is 19.7 Å². The predicted octanol–water partition coefficient (Wildman–Crippen LogP) is 5.21. The summed E-state index contributed by atoms with van der Waals surface area (Å²) in [5, 5.41) is 9.09. The fourth-order valence-electron chi connectivity index (χ4n) is 3.64. The van der Waals surface area contributed by atoms with E-state index in [2.05, 4.69) is 10.2 Å². The largest absolute Gasteiger partial charge is 0.494 e. The number of amides is 1.